The van der Waals surface area contributed by atoms with Crippen molar-refractivity contribution in [1.82, 2.24) is 10.2 Å². The first kappa shape index (κ1) is 36.9. The summed E-state index contributed by atoms with van der Waals surface area (Å²) in [5.74, 6) is -1.38. The van der Waals surface area contributed by atoms with Crippen molar-refractivity contribution in [2.24, 2.45) is 0 Å². The summed E-state index contributed by atoms with van der Waals surface area (Å²) in [6.45, 7) is 2.30. The second-order valence-corrected chi connectivity index (χ2v) is 12.6. The van der Waals surface area contributed by atoms with Crippen molar-refractivity contribution in [3.05, 3.63) is 125 Å². The summed E-state index contributed by atoms with van der Waals surface area (Å²) in [5.41, 5.74) is 4.01. The molecule has 2 amide bonds. The molecule has 0 aliphatic carbocycles. The SMILES string of the molecule is CCCCCCOC(=O)N1Cc2cc(OCc3ccc(C(F)(F)F)cc3)ccc2C[C@H]1C(=O)N[C@@H](Cc1ccc(-c2ccccc2)cc1)C(=O)O. The first-order valence-corrected chi connectivity index (χ1v) is 17.0. The van der Waals surface area contributed by atoms with Gasteiger partial charge in [0, 0.05) is 12.8 Å². The van der Waals surface area contributed by atoms with Gasteiger partial charge in [0.05, 0.1) is 18.7 Å². The van der Waals surface area contributed by atoms with Gasteiger partial charge in [-0.3, -0.25) is 9.69 Å². The van der Waals surface area contributed by atoms with Crippen molar-refractivity contribution in [2.75, 3.05) is 6.61 Å². The highest BCUT2D eigenvalue weighted by Gasteiger charge is 2.37. The number of aliphatic carboxylic acids is 1. The summed E-state index contributed by atoms with van der Waals surface area (Å²) in [4.78, 5) is 40.8. The predicted octanol–water partition coefficient (Wildman–Crippen LogP) is 8.21. The van der Waals surface area contributed by atoms with Crippen molar-refractivity contribution in [3.8, 4) is 16.9 Å². The van der Waals surface area contributed by atoms with E-state index in [1.807, 2.05) is 54.6 Å². The van der Waals surface area contributed by atoms with Crippen LogP contribution in [0, 0.1) is 0 Å². The first-order valence-electron chi connectivity index (χ1n) is 17.0. The van der Waals surface area contributed by atoms with Gasteiger partial charge >= 0.3 is 18.2 Å². The van der Waals surface area contributed by atoms with Gasteiger partial charge in [0.2, 0.25) is 5.91 Å². The van der Waals surface area contributed by atoms with Gasteiger partial charge in [-0.2, -0.15) is 13.2 Å². The average Bonchev–Trinajstić information content (AvgIpc) is 3.13. The van der Waals surface area contributed by atoms with E-state index >= 15 is 0 Å². The molecule has 1 heterocycles. The highest BCUT2D eigenvalue weighted by atomic mass is 19.4. The first-order chi connectivity index (χ1) is 24.5. The zero-order valence-corrected chi connectivity index (χ0v) is 28.3. The Hall–Kier alpha value is -5.32. The summed E-state index contributed by atoms with van der Waals surface area (Å²) < 4.78 is 50.3. The second-order valence-electron chi connectivity index (χ2n) is 12.6. The number of hydrogen-bond acceptors (Lipinski definition) is 5. The lowest BCUT2D eigenvalue weighted by molar-refractivity contribution is -0.142. The van der Waals surface area contributed by atoms with E-state index in [0.29, 0.717) is 23.3 Å². The number of ether oxygens (including phenoxy) is 2. The summed E-state index contributed by atoms with van der Waals surface area (Å²) in [5, 5.41) is 12.7. The smallest absolute Gasteiger partial charge is 0.416 e. The Morgan fingerprint density at radius 1 is 0.863 bits per heavy atom. The summed E-state index contributed by atoms with van der Waals surface area (Å²) in [6, 6.07) is 24.9. The molecule has 1 aliphatic heterocycles. The number of nitrogens with one attached hydrogen (secondary N) is 1. The van der Waals surface area contributed by atoms with E-state index in [9.17, 15) is 32.7 Å². The maximum atomic E-state index is 13.8. The molecule has 0 bridgehead atoms. The van der Waals surface area contributed by atoms with Crippen LogP contribution < -0.4 is 10.1 Å². The molecule has 1 aliphatic rings. The van der Waals surface area contributed by atoms with E-state index in [4.69, 9.17) is 9.47 Å². The minimum absolute atomic E-state index is 0.0113. The largest absolute Gasteiger partial charge is 0.489 e. The molecule has 0 saturated heterocycles. The molecule has 0 saturated carbocycles. The van der Waals surface area contributed by atoms with E-state index in [2.05, 4.69) is 12.2 Å². The molecular formula is C40H41F3N2O6. The molecule has 0 spiro atoms. The third-order valence-electron chi connectivity index (χ3n) is 8.87. The highest BCUT2D eigenvalue weighted by molar-refractivity contribution is 5.90. The van der Waals surface area contributed by atoms with Crippen LogP contribution in [-0.2, 0) is 46.5 Å². The molecule has 51 heavy (non-hydrogen) atoms. The number of rotatable bonds is 14. The Balaban J connectivity index is 1.29. The van der Waals surface area contributed by atoms with E-state index < -0.39 is 41.8 Å². The molecule has 5 rings (SSSR count). The van der Waals surface area contributed by atoms with Gasteiger partial charge in [-0.05, 0) is 64.1 Å². The normalized spacial score (nSPS) is 14.7. The van der Waals surface area contributed by atoms with Gasteiger partial charge in [0.1, 0.15) is 24.4 Å². The van der Waals surface area contributed by atoms with E-state index in [0.717, 1.165) is 53.6 Å². The summed E-state index contributed by atoms with van der Waals surface area (Å²) in [6.07, 6.45) is -1.37. The lowest BCUT2D eigenvalue weighted by Gasteiger charge is -2.36. The Morgan fingerprint density at radius 2 is 1.55 bits per heavy atom. The molecule has 0 fully saturated rings. The number of nitrogens with zero attached hydrogens (tertiary/aromatic N) is 1. The third-order valence-corrected chi connectivity index (χ3v) is 8.87. The van der Waals surface area contributed by atoms with Crippen molar-refractivity contribution in [1.29, 1.82) is 0 Å². The van der Waals surface area contributed by atoms with Crippen LogP contribution in [0.4, 0.5) is 18.0 Å². The molecule has 268 valence electrons. The van der Waals surface area contributed by atoms with Gasteiger partial charge in [-0.15, -0.1) is 0 Å². The molecule has 4 aromatic carbocycles. The maximum Gasteiger partial charge on any atom is 0.416 e. The van der Waals surface area contributed by atoms with Crippen LogP contribution in [0.2, 0.25) is 0 Å². The lowest BCUT2D eigenvalue weighted by Crippen LogP contribution is -2.56. The van der Waals surface area contributed by atoms with Crippen LogP contribution in [0.5, 0.6) is 5.75 Å². The number of carboxylic acids is 1. The van der Waals surface area contributed by atoms with Gasteiger partial charge in [0.15, 0.2) is 0 Å². The zero-order chi connectivity index (χ0) is 36.4. The number of amides is 2. The minimum atomic E-state index is -4.43. The topological polar surface area (TPSA) is 105 Å². The van der Waals surface area contributed by atoms with Crippen LogP contribution in [0.1, 0.15) is 60.4 Å². The van der Waals surface area contributed by atoms with Gasteiger partial charge < -0.3 is 19.9 Å². The Bertz CT molecular complexity index is 1780. The predicted molar refractivity (Wildman–Crippen MR) is 186 cm³/mol. The number of hydrogen-bond donors (Lipinski definition) is 2. The molecule has 4 aromatic rings. The Morgan fingerprint density at radius 3 is 2.22 bits per heavy atom. The summed E-state index contributed by atoms with van der Waals surface area (Å²) in [7, 11) is 0. The van der Waals surface area contributed by atoms with Crippen molar-refractivity contribution in [3.63, 3.8) is 0 Å². The van der Waals surface area contributed by atoms with E-state index in [1.165, 1.54) is 17.0 Å². The number of alkyl halides is 3. The molecule has 0 radical (unpaired) electrons. The number of carbonyl (C=O) groups excluding carboxylic acids is 2. The fraction of sp³-hybridized carbons (Fsp3) is 0.325. The number of carbonyl (C=O) groups is 3. The number of carboxylic acid groups (broad SMARTS) is 1. The molecule has 8 nitrogen and oxygen atoms in total. The second kappa shape index (κ2) is 17.1. The quantitative estimate of drug-likeness (QED) is 0.128. The molecule has 0 unspecified atom stereocenters. The van der Waals surface area contributed by atoms with Crippen LogP contribution in [0.25, 0.3) is 11.1 Å². The van der Waals surface area contributed by atoms with Crippen LogP contribution in [-0.4, -0.2) is 46.7 Å². The minimum Gasteiger partial charge on any atom is -0.489 e. The lowest BCUT2D eigenvalue weighted by atomic mass is 9.93. The number of unbranched alkanes of at least 4 members (excludes halogenated alkanes) is 3. The van der Waals surface area contributed by atoms with E-state index in [1.54, 1.807) is 18.2 Å². The maximum absolute atomic E-state index is 13.8. The average molecular weight is 703 g/mol. The fourth-order valence-corrected chi connectivity index (χ4v) is 5.97. The molecule has 2 atom stereocenters. The molecular weight excluding hydrogens is 661 g/mol. The molecule has 2 N–H and O–H groups in total. The monoisotopic (exact) mass is 702 g/mol. The standard InChI is InChI=1S/C40H41F3N2O6/c1-2-3-4-8-21-50-39(49)45-25-32-23-34(51-26-28-13-18-33(19-14-28)40(41,42)43)20-17-31(32)24-36(45)37(46)44-35(38(47)48)22-27-11-15-30(16-12-27)29-9-6-5-7-10-29/h5-7,9-20,23,35-36H,2-4,8,21-22,24-26H2,1H3,(H,44,46)(H,47,48)/t35-,36-/m0/s1. The third kappa shape index (κ3) is 10.1. The van der Waals surface area contributed by atoms with Crippen molar-refractivity contribution >= 4 is 18.0 Å². The van der Waals surface area contributed by atoms with Crippen molar-refractivity contribution < 1.29 is 42.1 Å². The number of halogens is 3. The van der Waals surface area contributed by atoms with E-state index in [-0.39, 0.29) is 32.6 Å². The molecule has 0 aromatic heterocycles. The number of fused-ring (bicyclic) bond motifs is 1. The van der Waals surface area contributed by atoms with Crippen LogP contribution >= 0.6 is 0 Å². The highest BCUT2D eigenvalue weighted by Crippen LogP contribution is 2.31. The van der Waals surface area contributed by atoms with Gasteiger partial charge in [-0.25, -0.2) is 9.59 Å². The van der Waals surface area contributed by atoms with Crippen molar-refractivity contribution in [2.45, 2.75) is 76.9 Å². The Kier molecular flexibility index (Phi) is 12.4. The Labute approximate surface area is 295 Å². The van der Waals surface area contributed by atoms with Crippen LogP contribution in [0.3, 0.4) is 0 Å². The zero-order valence-electron chi connectivity index (χ0n) is 28.3. The number of benzene rings is 4. The van der Waals surface area contributed by atoms with Gasteiger partial charge in [0.25, 0.3) is 0 Å². The molecule has 11 heteroatoms. The van der Waals surface area contributed by atoms with Crippen LogP contribution in [0.15, 0.2) is 97.1 Å². The van der Waals surface area contributed by atoms with Gasteiger partial charge in [-0.1, -0.05) is 99.0 Å². The fourth-order valence-electron chi connectivity index (χ4n) is 5.97. The summed E-state index contributed by atoms with van der Waals surface area (Å²) >= 11 is 0.